The van der Waals surface area contributed by atoms with Crippen molar-refractivity contribution in [3.8, 4) is 0 Å². The number of hydrogen-bond donors (Lipinski definition) is 0. The van der Waals surface area contributed by atoms with Gasteiger partial charge in [-0.05, 0) is 12.3 Å². The first kappa shape index (κ1) is 6.62. The van der Waals surface area contributed by atoms with Crippen molar-refractivity contribution < 1.29 is 9.47 Å². The molecule has 2 bridgehead atoms. The monoisotopic (exact) mass is 142 g/mol. The van der Waals surface area contributed by atoms with Crippen LogP contribution in [-0.4, -0.2) is 19.0 Å². The summed E-state index contributed by atoms with van der Waals surface area (Å²) < 4.78 is 11.0. The predicted octanol–water partition coefficient (Wildman–Crippen LogP) is 1.40. The molecule has 2 fully saturated rings. The van der Waals surface area contributed by atoms with Crippen LogP contribution in [0, 0.1) is 11.8 Å². The van der Waals surface area contributed by atoms with E-state index in [1.165, 1.54) is 6.42 Å². The van der Waals surface area contributed by atoms with Crippen LogP contribution in [0.3, 0.4) is 0 Å². The van der Waals surface area contributed by atoms with Gasteiger partial charge < -0.3 is 9.47 Å². The molecular weight excluding hydrogens is 128 g/mol. The first-order valence-corrected chi connectivity index (χ1v) is 4.04. The van der Waals surface area contributed by atoms with Crippen LogP contribution in [0.15, 0.2) is 0 Å². The van der Waals surface area contributed by atoms with Crippen LogP contribution in [0.1, 0.15) is 20.3 Å². The van der Waals surface area contributed by atoms with Crippen molar-refractivity contribution in [1.29, 1.82) is 0 Å². The topological polar surface area (TPSA) is 18.5 Å². The minimum atomic E-state index is 0.112. The van der Waals surface area contributed by atoms with Gasteiger partial charge >= 0.3 is 0 Å². The van der Waals surface area contributed by atoms with E-state index in [-0.39, 0.29) is 6.29 Å². The molecule has 2 aliphatic heterocycles. The molecule has 10 heavy (non-hydrogen) atoms. The van der Waals surface area contributed by atoms with Gasteiger partial charge in [0.2, 0.25) is 0 Å². The molecule has 2 saturated heterocycles. The summed E-state index contributed by atoms with van der Waals surface area (Å²) in [6.07, 6.45) is 1.76. The van der Waals surface area contributed by atoms with Gasteiger partial charge in [0, 0.05) is 5.92 Å². The summed E-state index contributed by atoms with van der Waals surface area (Å²) in [6.45, 7) is 5.25. The normalized spacial score (nSPS) is 53.4. The zero-order valence-electron chi connectivity index (χ0n) is 6.54. The summed E-state index contributed by atoms with van der Waals surface area (Å²) >= 11 is 0. The van der Waals surface area contributed by atoms with Crippen LogP contribution in [0.2, 0.25) is 0 Å². The highest BCUT2D eigenvalue weighted by Gasteiger charge is 2.39. The maximum atomic E-state index is 5.60. The fourth-order valence-electron chi connectivity index (χ4n) is 1.89. The lowest BCUT2D eigenvalue weighted by atomic mass is 9.91. The maximum Gasteiger partial charge on any atom is 0.160 e. The van der Waals surface area contributed by atoms with E-state index in [0.29, 0.717) is 17.9 Å². The molecule has 2 aliphatic rings. The van der Waals surface area contributed by atoms with E-state index in [9.17, 15) is 0 Å². The molecule has 58 valence electrons. The lowest BCUT2D eigenvalue weighted by Crippen LogP contribution is -2.32. The second-order valence-electron chi connectivity index (χ2n) is 3.57. The number of hydrogen-bond acceptors (Lipinski definition) is 2. The standard InChI is InChI=1S/C8H14O2/c1-5-3-6(2)8-9-4-7(5)10-8/h5-8H,3-4H2,1-2H3/t5-,6+,7+,8+/m0/s1. The fourth-order valence-corrected chi connectivity index (χ4v) is 1.89. The lowest BCUT2D eigenvalue weighted by molar-refractivity contribution is -0.129. The molecule has 0 saturated carbocycles. The summed E-state index contributed by atoms with van der Waals surface area (Å²) in [5, 5.41) is 0. The van der Waals surface area contributed by atoms with Crippen molar-refractivity contribution >= 4 is 0 Å². The summed E-state index contributed by atoms with van der Waals surface area (Å²) in [5.74, 6) is 1.28. The fraction of sp³-hybridized carbons (Fsp3) is 1.00. The maximum absolute atomic E-state index is 5.60. The molecule has 0 aromatic rings. The molecule has 0 radical (unpaired) electrons. The summed E-state index contributed by atoms with van der Waals surface area (Å²) in [5.41, 5.74) is 0. The van der Waals surface area contributed by atoms with E-state index in [4.69, 9.17) is 9.47 Å². The van der Waals surface area contributed by atoms with Crippen molar-refractivity contribution in [1.82, 2.24) is 0 Å². The second kappa shape index (κ2) is 2.21. The molecule has 4 atom stereocenters. The molecule has 2 heteroatoms. The quantitative estimate of drug-likeness (QED) is 0.509. The number of rotatable bonds is 0. The third kappa shape index (κ3) is 0.867. The third-order valence-corrected chi connectivity index (χ3v) is 2.58. The van der Waals surface area contributed by atoms with Gasteiger partial charge in [-0.1, -0.05) is 13.8 Å². The number of ether oxygens (including phenoxy) is 2. The smallest absolute Gasteiger partial charge is 0.160 e. The zero-order valence-corrected chi connectivity index (χ0v) is 6.54. The summed E-state index contributed by atoms with van der Waals surface area (Å²) in [6, 6.07) is 0. The predicted molar refractivity (Wildman–Crippen MR) is 37.6 cm³/mol. The van der Waals surface area contributed by atoms with Gasteiger partial charge in [0.05, 0.1) is 12.7 Å². The highest BCUT2D eigenvalue weighted by atomic mass is 16.7. The molecule has 0 aromatic heterocycles. The van der Waals surface area contributed by atoms with Crippen LogP contribution in [0.5, 0.6) is 0 Å². The Kier molecular flexibility index (Phi) is 1.46. The molecule has 0 spiro atoms. The van der Waals surface area contributed by atoms with E-state index in [1.54, 1.807) is 0 Å². The molecule has 0 amide bonds. The van der Waals surface area contributed by atoms with Gasteiger partial charge in [0.15, 0.2) is 6.29 Å². The van der Waals surface area contributed by atoms with Crippen molar-refractivity contribution in [3.63, 3.8) is 0 Å². The zero-order chi connectivity index (χ0) is 7.14. The van der Waals surface area contributed by atoms with Crippen LogP contribution >= 0.6 is 0 Å². The Balaban J connectivity index is 2.09. The Morgan fingerprint density at radius 1 is 1.20 bits per heavy atom. The molecule has 0 aromatic carbocycles. The van der Waals surface area contributed by atoms with E-state index in [0.717, 1.165) is 6.61 Å². The van der Waals surface area contributed by atoms with Gasteiger partial charge in [-0.2, -0.15) is 0 Å². The lowest BCUT2D eigenvalue weighted by Gasteiger charge is -2.29. The Bertz CT molecular complexity index is 121. The molecular formula is C8H14O2. The van der Waals surface area contributed by atoms with E-state index >= 15 is 0 Å². The first-order valence-electron chi connectivity index (χ1n) is 4.04. The van der Waals surface area contributed by atoms with Crippen LogP contribution in [0.4, 0.5) is 0 Å². The Morgan fingerprint density at radius 2 is 2.00 bits per heavy atom. The average Bonchev–Trinajstić information content (AvgIpc) is 2.28. The average molecular weight is 142 g/mol. The van der Waals surface area contributed by atoms with Crippen molar-refractivity contribution in [2.75, 3.05) is 6.61 Å². The van der Waals surface area contributed by atoms with Crippen molar-refractivity contribution in [2.45, 2.75) is 32.7 Å². The van der Waals surface area contributed by atoms with Crippen molar-refractivity contribution in [2.24, 2.45) is 11.8 Å². The Hall–Kier alpha value is -0.0800. The second-order valence-corrected chi connectivity index (χ2v) is 3.57. The SMILES string of the molecule is C[C@@H]1C[C@H](C)[C@H]2CO[C@@H]1O2. The van der Waals surface area contributed by atoms with Crippen molar-refractivity contribution in [3.05, 3.63) is 0 Å². The largest absolute Gasteiger partial charge is 0.350 e. The molecule has 0 aliphatic carbocycles. The van der Waals surface area contributed by atoms with E-state index in [1.807, 2.05) is 0 Å². The highest BCUT2D eigenvalue weighted by Crippen LogP contribution is 2.34. The van der Waals surface area contributed by atoms with Crippen LogP contribution in [0.25, 0.3) is 0 Å². The van der Waals surface area contributed by atoms with Gasteiger partial charge in [-0.25, -0.2) is 0 Å². The van der Waals surface area contributed by atoms with Gasteiger partial charge in [-0.15, -0.1) is 0 Å². The molecule has 2 heterocycles. The van der Waals surface area contributed by atoms with E-state index in [2.05, 4.69) is 13.8 Å². The minimum absolute atomic E-state index is 0.112. The Morgan fingerprint density at radius 3 is 2.80 bits per heavy atom. The summed E-state index contributed by atoms with van der Waals surface area (Å²) in [4.78, 5) is 0. The molecule has 2 rings (SSSR count). The van der Waals surface area contributed by atoms with E-state index < -0.39 is 0 Å². The third-order valence-electron chi connectivity index (χ3n) is 2.58. The van der Waals surface area contributed by atoms with Gasteiger partial charge in [0.1, 0.15) is 0 Å². The molecule has 2 nitrogen and oxygen atoms in total. The summed E-state index contributed by atoms with van der Waals surface area (Å²) in [7, 11) is 0. The minimum Gasteiger partial charge on any atom is -0.350 e. The van der Waals surface area contributed by atoms with Crippen LogP contribution in [-0.2, 0) is 9.47 Å². The number of fused-ring (bicyclic) bond motifs is 2. The first-order chi connectivity index (χ1) is 4.77. The molecule has 0 N–H and O–H groups in total. The van der Waals surface area contributed by atoms with Crippen LogP contribution < -0.4 is 0 Å². The Labute approximate surface area is 61.5 Å². The molecule has 0 unspecified atom stereocenters. The van der Waals surface area contributed by atoms with Gasteiger partial charge in [0.25, 0.3) is 0 Å². The van der Waals surface area contributed by atoms with Gasteiger partial charge in [-0.3, -0.25) is 0 Å². The highest BCUT2D eigenvalue weighted by molar-refractivity contribution is 4.81.